The summed E-state index contributed by atoms with van der Waals surface area (Å²) in [4.78, 5) is 15.5. The molecule has 5 nitrogen and oxygen atoms in total. The van der Waals surface area contributed by atoms with Gasteiger partial charge in [-0.3, -0.25) is 9.69 Å². The van der Waals surface area contributed by atoms with E-state index < -0.39 is 0 Å². The Kier molecular flexibility index (Phi) is 8.48. The Morgan fingerprint density at radius 2 is 1.69 bits per heavy atom. The van der Waals surface area contributed by atoms with Crippen molar-refractivity contribution in [2.24, 2.45) is 0 Å². The molecular weight excluding hydrogens is 420 g/mol. The summed E-state index contributed by atoms with van der Waals surface area (Å²) in [6, 6.07) is 18.8. The molecule has 1 amide bonds. The van der Waals surface area contributed by atoms with Crippen molar-refractivity contribution >= 4 is 17.5 Å². The fourth-order valence-corrected chi connectivity index (χ4v) is 4.36. The Balaban J connectivity index is 1.72. The SMILES string of the molecule is CCN(CC)C(CNC(=O)c1c(C)nn(Cc2ccc(C)cc2)c1Cl)Cc1ccccc1. The highest BCUT2D eigenvalue weighted by atomic mass is 35.5. The predicted octanol–water partition coefficient (Wildman–Crippen LogP) is 4.88. The van der Waals surface area contributed by atoms with Gasteiger partial charge in [0.25, 0.3) is 5.91 Å². The average Bonchev–Trinajstić information content (AvgIpc) is 3.07. The number of halogens is 1. The molecule has 32 heavy (non-hydrogen) atoms. The quantitative estimate of drug-likeness (QED) is 0.476. The molecule has 0 aliphatic carbocycles. The topological polar surface area (TPSA) is 50.2 Å². The molecule has 3 rings (SSSR count). The maximum absolute atomic E-state index is 13.1. The minimum Gasteiger partial charge on any atom is -0.350 e. The smallest absolute Gasteiger partial charge is 0.256 e. The van der Waals surface area contributed by atoms with Crippen molar-refractivity contribution in [3.63, 3.8) is 0 Å². The second kappa shape index (κ2) is 11.3. The molecule has 1 N–H and O–H groups in total. The Bertz CT molecular complexity index is 1010. The lowest BCUT2D eigenvalue weighted by Gasteiger charge is -2.30. The number of aryl methyl sites for hydroxylation is 2. The van der Waals surface area contributed by atoms with Crippen LogP contribution in [0.2, 0.25) is 5.15 Å². The minimum atomic E-state index is -0.173. The number of amides is 1. The van der Waals surface area contributed by atoms with E-state index in [0.29, 0.717) is 29.5 Å². The number of carbonyl (C=O) groups is 1. The third kappa shape index (κ3) is 5.99. The fraction of sp³-hybridized carbons (Fsp3) is 0.385. The zero-order chi connectivity index (χ0) is 23.1. The second-order valence-corrected chi connectivity index (χ2v) is 8.53. The molecule has 0 aliphatic rings. The molecule has 0 fully saturated rings. The van der Waals surface area contributed by atoms with Crippen molar-refractivity contribution in [2.45, 2.75) is 46.7 Å². The number of nitrogens with zero attached hydrogens (tertiary/aromatic N) is 3. The highest BCUT2D eigenvalue weighted by Crippen LogP contribution is 2.21. The summed E-state index contributed by atoms with van der Waals surface area (Å²) in [5.74, 6) is -0.173. The maximum Gasteiger partial charge on any atom is 0.256 e. The van der Waals surface area contributed by atoms with Gasteiger partial charge in [0.15, 0.2) is 0 Å². The number of carbonyl (C=O) groups excluding carboxylic acids is 1. The van der Waals surface area contributed by atoms with Crippen LogP contribution in [0.1, 0.15) is 46.6 Å². The summed E-state index contributed by atoms with van der Waals surface area (Å²) in [5, 5.41) is 8.02. The third-order valence-corrected chi connectivity index (χ3v) is 6.27. The summed E-state index contributed by atoms with van der Waals surface area (Å²) in [5.41, 5.74) is 4.66. The first-order valence-corrected chi connectivity index (χ1v) is 11.6. The van der Waals surface area contributed by atoms with Crippen molar-refractivity contribution in [3.8, 4) is 0 Å². The second-order valence-electron chi connectivity index (χ2n) is 8.17. The minimum absolute atomic E-state index is 0.173. The van der Waals surface area contributed by atoms with Gasteiger partial charge >= 0.3 is 0 Å². The summed E-state index contributed by atoms with van der Waals surface area (Å²) in [6.07, 6.45) is 0.877. The van der Waals surface area contributed by atoms with Crippen LogP contribution < -0.4 is 5.32 Å². The van der Waals surface area contributed by atoms with Gasteiger partial charge in [-0.15, -0.1) is 0 Å². The summed E-state index contributed by atoms with van der Waals surface area (Å²) in [6.45, 7) is 11.1. The van der Waals surface area contributed by atoms with E-state index in [2.05, 4.69) is 84.6 Å². The predicted molar refractivity (Wildman–Crippen MR) is 131 cm³/mol. The zero-order valence-electron chi connectivity index (χ0n) is 19.4. The van der Waals surface area contributed by atoms with Gasteiger partial charge in [-0.2, -0.15) is 5.10 Å². The standard InChI is InChI=1S/C26H33ClN4O/c1-5-30(6-2)23(16-21-10-8-7-9-11-21)17-28-26(32)24-20(4)29-31(25(24)27)18-22-14-12-19(3)13-15-22/h7-15,23H,5-6,16-18H2,1-4H3,(H,28,32). The van der Waals surface area contributed by atoms with E-state index >= 15 is 0 Å². The number of aromatic nitrogens is 2. The maximum atomic E-state index is 13.1. The lowest BCUT2D eigenvalue weighted by atomic mass is 10.0. The number of hydrogen-bond acceptors (Lipinski definition) is 3. The van der Waals surface area contributed by atoms with E-state index in [9.17, 15) is 4.79 Å². The molecule has 170 valence electrons. The molecule has 0 saturated carbocycles. The first-order valence-electron chi connectivity index (χ1n) is 11.3. The van der Waals surface area contributed by atoms with Gasteiger partial charge in [0.1, 0.15) is 5.15 Å². The molecule has 0 radical (unpaired) electrons. The molecule has 0 saturated heterocycles. The normalized spacial score (nSPS) is 12.2. The fourth-order valence-electron chi connectivity index (χ4n) is 4.04. The molecular formula is C26H33ClN4O. The molecule has 1 atom stereocenters. The van der Waals surface area contributed by atoms with Crippen molar-refractivity contribution in [2.75, 3.05) is 19.6 Å². The first-order chi connectivity index (χ1) is 15.4. The van der Waals surface area contributed by atoms with E-state index in [0.717, 1.165) is 25.1 Å². The van der Waals surface area contributed by atoms with Crippen LogP contribution in [0, 0.1) is 13.8 Å². The van der Waals surface area contributed by atoms with Crippen LogP contribution in [0.15, 0.2) is 54.6 Å². The largest absolute Gasteiger partial charge is 0.350 e. The molecule has 0 bridgehead atoms. The van der Waals surface area contributed by atoms with E-state index in [4.69, 9.17) is 11.6 Å². The zero-order valence-corrected chi connectivity index (χ0v) is 20.2. The molecule has 1 unspecified atom stereocenters. The van der Waals surface area contributed by atoms with Crippen molar-refractivity contribution in [1.29, 1.82) is 0 Å². The highest BCUT2D eigenvalue weighted by Gasteiger charge is 2.23. The van der Waals surface area contributed by atoms with Gasteiger partial charge < -0.3 is 5.32 Å². The van der Waals surface area contributed by atoms with Gasteiger partial charge in [-0.05, 0) is 44.5 Å². The van der Waals surface area contributed by atoms with Crippen LogP contribution in [0.5, 0.6) is 0 Å². The average molecular weight is 453 g/mol. The lowest BCUT2D eigenvalue weighted by molar-refractivity contribution is 0.0934. The van der Waals surface area contributed by atoms with Crippen LogP contribution in [0.3, 0.4) is 0 Å². The number of likely N-dealkylation sites (N-methyl/N-ethyl adjacent to an activating group) is 1. The molecule has 0 spiro atoms. The van der Waals surface area contributed by atoms with Crippen molar-refractivity contribution in [1.82, 2.24) is 20.0 Å². The van der Waals surface area contributed by atoms with Gasteiger partial charge in [0.05, 0.1) is 17.8 Å². The number of rotatable bonds is 10. The van der Waals surface area contributed by atoms with Gasteiger partial charge in [-0.25, -0.2) is 4.68 Å². The molecule has 6 heteroatoms. The summed E-state index contributed by atoms with van der Waals surface area (Å²) in [7, 11) is 0. The van der Waals surface area contributed by atoms with E-state index in [1.165, 1.54) is 11.1 Å². The molecule has 0 aliphatic heterocycles. The van der Waals surface area contributed by atoms with E-state index in [1.54, 1.807) is 4.68 Å². The van der Waals surface area contributed by atoms with Crippen LogP contribution >= 0.6 is 11.6 Å². The van der Waals surface area contributed by atoms with Crippen LogP contribution in [0.4, 0.5) is 0 Å². The van der Waals surface area contributed by atoms with Crippen molar-refractivity contribution < 1.29 is 4.79 Å². The number of hydrogen-bond donors (Lipinski definition) is 1. The first kappa shape index (κ1) is 24.0. The Labute approximate surface area is 196 Å². The van der Waals surface area contributed by atoms with Crippen molar-refractivity contribution in [3.05, 3.63) is 87.7 Å². The molecule has 1 heterocycles. The van der Waals surface area contributed by atoms with E-state index in [1.807, 2.05) is 13.0 Å². The molecule has 3 aromatic rings. The Hall–Kier alpha value is -2.63. The number of benzene rings is 2. The number of nitrogens with one attached hydrogen (secondary N) is 1. The third-order valence-electron chi connectivity index (χ3n) is 5.89. The van der Waals surface area contributed by atoms with Crippen LogP contribution in [-0.2, 0) is 13.0 Å². The van der Waals surface area contributed by atoms with Gasteiger partial charge in [0, 0.05) is 12.6 Å². The molecule has 2 aromatic carbocycles. The Morgan fingerprint density at radius 1 is 1.03 bits per heavy atom. The van der Waals surface area contributed by atoms with Gasteiger partial charge in [0.2, 0.25) is 0 Å². The monoisotopic (exact) mass is 452 g/mol. The Morgan fingerprint density at radius 3 is 2.31 bits per heavy atom. The van der Waals surface area contributed by atoms with Gasteiger partial charge in [-0.1, -0.05) is 85.6 Å². The lowest BCUT2D eigenvalue weighted by Crippen LogP contribution is -2.45. The van der Waals surface area contributed by atoms with E-state index in [-0.39, 0.29) is 11.9 Å². The van der Waals surface area contributed by atoms with Crippen LogP contribution in [0.25, 0.3) is 0 Å². The molecule has 1 aromatic heterocycles. The van der Waals surface area contributed by atoms with Crippen LogP contribution in [-0.4, -0.2) is 46.3 Å². The summed E-state index contributed by atoms with van der Waals surface area (Å²) >= 11 is 6.60. The summed E-state index contributed by atoms with van der Waals surface area (Å²) < 4.78 is 1.70. The highest BCUT2D eigenvalue weighted by molar-refractivity contribution is 6.33.